The molecular formula is C17H23NO. The lowest BCUT2D eigenvalue weighted by atomic mass is 9.90. The molecule has 0 radical (unpaired) electrons. The van der Waals surface area contributed by atoms with Crippen molar-refractivity contribution in [2.75, 3.05) is 0 Å². The summed E-state index contributed by atoms with van der Waals surface area (Å²) in [6, 6.07) is 9.85. The number of terminal acetylenes is 1. The van der Waals surface area contributed by atoms with Crippen LogP contribution in [-0.2, 0) is 4.79 Å². The lowest BCUT2D eigenvalue weighted by Gasteiger charge is -2.29. The van der Waals surface area contributed by atoms with Crippen LogP contribution in [0.25, 0.3) is 0 Å². The highest BCUT2D eigenvalue weighted by Crippen LogP contribution is 2.22. The molecule has 1 atom stereocenters. The predicted octanol–water partition coefficient (Wildman–Crippen LogP) is 3.49. The van der Waals surface area contributed by atoms with Gasteiger partial charge in [-0.1, -0.05) is 57.0 Å². The van der Waals surface area contributed by atoms with Crippen molar-refractivity contribution in [1.29, 1.82) is 0 Å². The molecule has 2 nitrogen and oxygen atoms in total. The highest BCUT2D eigenvalue weighted by Gasteiger charge is 2.29. The molecule has 1 aromatic carbocycles. The third-order valence-electron chi connectivity index (χ3n) is 3.77. The Labute approximate surface area is 116 Å². The van der Waals surface area contributed by atoms with Crippen LogP contribution in [0.4, 0.5) is 0 Å². The fraction of sp³-hybridized carbons (Fsp3) is 0.471. The van der Waals surface area contributed by atoms with Crippen molar-refractivity contribution in [3.05, 3.63) is 35.9 Å². The van der Waals surface area contributed by atoms with Gasteiger partial charge in [0.1, 0.15) is 5.54 Å². The molecule has 0 heterocycles. The smallest absolute Gasteiger partial charge is 0.228 e. The zero-order chi connectivity index (χ0) is 14.3. The van der Waals surface area contributed by atoms with Crippen molar-refractivity contribution in [3.8, 4) is 12.3 Å². The third kappa shape index (κ3) is 3.61. The van der Waals surface area contributed by atoms with Crippen LogP contribution in [0.2, 0.25) is 0 Å². The normalized spacial score (nSPS) is 12.5. The second-order valence-corrected chi connectivity index (χ2v) is 4.79. The van der Waals surface area contributed by atoms with E-state index in [9.17, 15) is 4.79 Å². The number of carbonyl (C=O) groups excluding carboxylic acids is 1. The van der Waals surface area contributed by atoms with Crippen LogP contribution in [0.1, 0.15) is 51.5 Å². The molecule has 2 heteroatoms. The van der Waals surface area contributed by atoms with Crippen LogP contribution < -0.4 is 5.32 Å². The zero-order valence-electron chi connectivity index (χ0n) is 12.1. The number of hydrogen-bond acceptors (Lipinski definition) is 1. The van der Waals surface area contributed by atoms with Gasteiger partial charge in [0.05, 0.1) is 5.92 Å². The van der Waals surface area contributed by atoms with E-state index in [0.717, 1.165) is 24.8 Å². The Hall–Kier alpha value is -1.75. The SMILES string of the molecule is C#CC(CC)(CC)NC(=O)[C@H](CC)c1ccccc1. The molecule has 1 rings (SSSR count). The maximum absolute atomic E-state index is 12.5. The number of hydrogen-bond donors (Lipinski definition) is 1. The summed E-state index contributed by atoms with van der Waals surface area (Å²) in [6.45, 7) is 6.03. The highest BCUT2D eigenvalue weighted by atomic mass is 16.2. The average Bonchev–Trinajstić information content (AvgIpc) is 2.47. The minimum atomic E-state index is -0.515. The second kappa shape index (κ2) is 6.99. The molecule has 0 aromatic heterocycles. The summed E-state index contributed by atoms with van der Waals surface area (Å²) in [5.41, 5.74) is 0.528. The second-order valence-electron chi connectivity index (χ2n) is 4.79. The first kappa shape index (κ1) is 15.3. The van der Waals surface area contributed by atoms with Gasteiger partial charge in [0, 0.05) is 0 Å². The van der Waals surface area contributed by atoms with Crippen molar-refractivity contribution >= 4 is 5.91 Å². The van der Waals surface area contributed by atoms with E-state index in [2.05, 4.69) is 11.2 Å². The van der Waals surface area contributed by atoms with E-state index in [1.165, 1.54) is 0 Å². The van der Waals surface area contributed by atoms with E-state index in [0.29, 0.717) is 0 Å². The number of benzene rings is 1. The van der Waals surface area contributed by atoms with E-state index < -0.39 is 5.54 Å². The summed E-state index contributed by atoms with van der Waals surface area (Å²) < 4.78 is 0. The van der Waals surface area contributed by atoms with Gasteiger partial charge in [-0.2, -0.15) is 0 Å². The summed E-state index contributed by atoms with van der Waals surface area (Å²) in [5.74, 6) is 2.64. The van der Waals surface area contributed by atoms with Gasteiger partial charge in [0.15, 0.2) is 0 Å². The first-order valence-electron chi connectivity index (χ1n) is 6.97. The van der Waals surface area contributed by atoms with Crippen molar-refractivity contribution < 1.29 is 4.79 Å². The molecule has 1 N–H and O–H groups in total. The maximum Gasteiger partial charge on any atom is 0.228 e. The van der Waals surface area contributed by atoms with Gasteiger partial charge >= 0.3 is 0 Å². The Balaban J connectivity index is 2.90. The van der Waals surface area contributed by atoms with Gasteiger partial charge in [0.2, 0.25) is 5.91 Å². The number of amides is 1. The van der Waals surface area contributed by atoms with Gasteiger partial charge in [-0.05, 0) is 24.8 Å². The van der Waals surface area contributed by atoms with Gasteiger partial charge < -0.3 is 5.32 Å². The predicted molar refractivity (Wildman–Crippen MR) is 79.8 cm³/mol. The number of nitrogens with one attached hydrogen (secondary N) is 1. The Morgan fingerprint density at radius 1 is 1.26 bits per heavy atom. The van der Waals surface area contributed by atoms with Crippen LogP contribution >= 0.6 is 0 Å². The third-order valence-corrected chi connectivity index (χ3v) is 3.77. The minimum Gasteiger partial charge on any atom is -0.339 e. The van der Waals surface area contributed by atoms with Gasteiger partial charge in [-0.3, -0.25) is 4.79 Å². The average molecular weight is 257 g/mol. The summed E-state index contributed by atoms with van der Waals surface area (Å²) in [5, 5.41) is 3.05. The van der Waals surface area contributed by atoms with E-state index >= 15 is 0 Å². The Morgan fingerprint density at radius 3 is 2.26 bits per heavy atom. The molecule has 0 aliphatic heterocycles. The summed E-state index contributed by atoms with van der Waals surface area (Å²) in [7, 11) is 0. The molecule has 0 saturated heterocycles. The molecule has 19 heavy (non-hydrogen) atoms. The monoisotopic (exact) mass is 257 g/mol. The van der Waals surface area contributed by atoms with Gasteiger partial charge in [-0.25, -0.2) is 0 Å². The lowest BCUT2D eigenvalue weighted by molar-refractivity contribution is -0.124. The lowest BCUT2D eigenvalue weighted by Crippen LogP contribution is -2.48. The Morgan fingerprint density at radius 2 is 1.84 bits per heavy atom. The zero-order valence-corrected chi connectivity index (χ0v) is 12.1. The molecule has 1 aromatic rings. The van der Waals surface area contributed by atoms with E-state index in [4.69, 9.17) is 6.42 Å². The molecule has 0 bridgehead atoms. The standard InChI is InChI=1S/C17H23NO/c1-5-15(14-12-10-9-11-13-14)16(19)18-17(6-2,7-3)8-4/h2,9-13,15H,5,7-8H2,1,3-4H3,(H,18,19)/t15-/m1/s1. The van der Waals surface area contributed by atoms with Gasteiger partial charge in [0.25, 0.3) is 0 Å². The number of carbonyl (C=O) groups is 1. The summed E-state index contributed by atoms with van der Waals surface area (Å²) >= 11 is 0. The largest absolute Gasteiger partial charge is 0.339 e. The Bertz CT molecular complexity index is 440. The van der Waals surface area contributed by atoms with Crippen LogP contribution in [0.5, 0.6) is 0 Å². The quantitative estimate of drug-likeness (QED) is 0.777. The van der Waals surface area contributed by atoms with E-state index in [1.54, 1.807) is 0 Å². The van der Waals surface area contributed by atoms with E-state index in [-0.39, 0.29) is 11.8 Å². The molecule has 0 aliphatic rings. The molecule has 0 saturated carbocycles. The van der Waals surface area contributed by atoms with Crippen molar-refractivity contribution in [3.63, 3.8) is 0 Å². The van der Waals surface area contributed by atoms with Crippen LogP contribution in [0, 0.1) is 12.3 Å². The van der Waals surface area contributed by atoms with Crippen molar-refractivity contribution in [2.45, 2.75) is 51.5 Å². The number of rotatable bonds is 6. The molecular weight excluding hydrogens is 234 g/mol. The molecule has 0 unspecified atom stereocenters. The first-order valence-corrected chi connectivity index (χ1v) is 6.97. The van der Waals surface area contributed by atoms with Crippen LogP contribution in [0.3, 0.4) is 0 Å². The molecule has 0 spiro atoms. The molecule has 0 fully saturated rings. The van der Waals surface area contributed by atoms with Crippen LogP contribution in [-0.4, -0.2) is 11.4 Å². The highest BCUT2D eigenvalue weighted by molar-refractivity contribution is 5.84. The van der Waals surface area contributed by atoms with Gasteiger partial charge in [-0.15, -0.1) is 6.42 Å². The maximum atomic E-state index is 12.5. The van der Waals surface area contributed by atoms with Crippen molar-refractivity contribution in [2.24, 2.45) is 0 Å². The van der Waals surface area contributed by atoms with E-state index in [1.807, 2.05) is 51.1 Å². The minimum absolute atomic E-state index is 0.0235. The fourth-order valence-corrected chi connectivity index (χ4v) is 2.25. The van der Waals surface area contributed by atoms with Crippen molar-refractivity contribution in [1.82, 2.24) is 5.32 Å². The molecule has 102 valence electrons. The summed E-state index contributed by atoms with van der Waals surface area (Å²) in [6.07, 6.45) is 7.85. The first-order chi connectivity index (χ1) is 9.12. The fourth-order valence-electron chi connectivity index (χ4n) is 2.25. The summed E-state index contributed by atoms with van der Waals surface area (Å²) in [4.78, 5) is 12.5. The topological polar surface area (TPSA) is 29.1 Å². The Kier molecular flexibility index (Phi) is 5.63. The molecule has 1 amide bonds. The molecule has 0 aliphatic carbocycles. The van der Waals surface area contributed by atoms with Crippen LogP contribution in [0.15, 0.2) is 30.3 Å².